The number of carboxylic acids is 1. The molecular weight excluding hydrogens is 453 g/mol. The molecule has 4 aromatic rings. The second-order valence-corrected chi connectivity index (χ2v) is 8.65. The smallest absolute Gasteiger partial charge is 0.304 e. The molecule has 0 fully saturated rings. The average molecular weight is 476 g/mol. The van der Waals surface area contributed by atoms with E-state index in [9.17, 15) is 19.1 Å². The minimum atomic E-state index is -1.02. The molecule has 2 heterocycles. The maximum absolute atomic E-state index is 13.3. The molecule has 1 atom stereocenters. The Kier molecular flexibility index (Phi) is 7.08. The quantitative estimate of drug-likeness (QED) is 0.349. The van der Waals surface area contributed by atoms with Crippen LogP contribution in [0.1, 0.15) is 12.0 Å². The number of halogens is 1. The molecule has 4 rings (SSSR count). The predicted molar refractivity (Wildman–Crippen MR) is 130 cm³/mol. The van der Waals surface area contributed by atoms with Gasteiger partial charge in [-0.15, -0.1) is 11.3 Å². The number of pyridine rings is 1. The minimum absolute atomic E-state index is 0.267. The summed E-state index contributed by atoms with van der Waals surface area (Å²) in [6.45, 7) is 0. The number of carbonyl (C=O) groups excluding carboxylic acids is 1. The molecular formula is C26H22FN3O3S. The van der Waals surface area contributed by atoms with E-state index in [1.54, 1.807) is 13.1 Å². The summed E-state index contributed by atoms with van der Waals surface area (Å²) in [5.41, 5.74) is 3.98. The maximum atomic E-state index is 13.3. The first-order chi connectivity index (χ1) is 16.4. The summed E-state index contributed by atoms with van der Waals surface area (Å²) in [4.78, 5) is 34.5. The molecule has 172 valence electrons. The molecule has 0 unspecified atom stereocenters. The first-order valence-electron chi connectivity index (χ1n) is 10.6. The Hall–Kier alpha value is -3.91. The SMILES string of the molecule is CN(C(=O)[C@@H](CC(=O)O)Cc1ccccc1)c1nc(-c2ccccc2-c2ccc(F)nc2)cs1. The van der Waals surface area contributed by atoms with Crippen molar-refractivity contribution < 1.29 is 19.1 Å². The molecule has 0 saturated heterocycles. The topological polar surface area (TPSA) is 83.4 Å². The third-order valence-corrected chi connectivity index (χ3v) is 6.36. The van der Waals surface area contributed by atoms with E-state index in [0.717, 1.165) is 22.3 Å². The molecule has 0 radical (unpaired) electrons. The van der Waals surface area contributed by atoms with Gasteiger partial charge in [0, 0.05) is 29.8 Å². The van der Waals surface area contributed by atoms with Crippen molar-refractivity contribution in [1.82, 2.24) is 9.97 Å². The summed E-state index contributed by atoms with van der Waals surface area (Å²) in [7, 11) is 1.61. The van der Waals surface area contributed by atoms with Crippen molar-refractivity contribution in [2.45, 2.75) is 12.8 Å². The highest BCUT2D eigenvalue weighted by Gasteiger charge is 2.27. The van der Waals surface area contributed by atoms with E-state index in [2.05, 4.69) is 9.97 Å². The van der Waals surface area contributed by atoms with Gasteiger partial charge in [0.15, 0.2) is 5.13 Å². The van der Waals surface area contributed by atoms with Gasteiger partial charge in [-0.3, -0.25) is 14.5 Å². The number of carbonyl (C=O) groups is 2. The second-order valence-electron chi connectivity index (χ2n) is 7.81. The molecule has 8 heteroatoms. The first-order valence-corrected chi connectivity index (χ1v) is 11.5. The third kappa shape index (κ3) is 5.35. The molecule has 34 heavy (non-hydrogen) atoms. The third-order valence-electron chi connectivity index (χ3n) is 5.45. The van der Waals surface area contributed by atoms with Crippen molar-refractivity contribution in [2.24, 2.45) is 5.92 Å². The molecule has 0 aliphatic rings. The second kappa shape index (κ2) is 10.4. The monoisotopic (exact) mass is 475 g/mol. The Morgan fingerprint density at radius 3 is 2.41 bits per heavy atom. The highest BCUT2D eigenvalue weighted by atomic mass is 32.1. The lowest BCUT2D eigenvalue weighted by atomic mass is 9.95. The number of anilines is 1. The average Bonchev–Trinajstić information content (AvgIpc) is 3.34. The fourth-order valence-electron chi connectivity index (χ4n) is 3.76. The summed E-state index contributed by atoms with van der Waals surface area (Å²) < 4.78 is 13.3. The predicted octanol–water partition coefficient (Wildman–Crippen LogP) is 5.31. The molecule has 1 N–H and O–H groups in total. The van der Waals surface area contributed by atoms with E-state index < -0.39 is 17.8 Å². The van der Waals surface area contributed by atoms with Crippen molar-refractivity contribution in [1.29, 1.82) is 0 Å². The zero-order chi connectivity index (χ0) is 24.1. The van der Waals surface area contributed by atoms with E-state index in [0.29, 0.717) is 17.2 Å². The fourth-order valence-corrected chi connectivity index (χ4v) is 4.56. The number of nitrogens with zero attached hydrogens (tertiary/aromatic N) is 3. The molecule has 0 saturated carbocycles. The van der Waals surface area contributed by atoms with Crippen molar-refractivity contribution >= 4 is 28.3 Å². The molecule has 6 nitrogen and oxygen atoms in total. The van der Waals surface area contributed by atoms with Crippen LogP contribution in [0.25, 0.3) is 22.4 Å². The molecule has 1 amide bonds. The maximum Gasteiger partial charge on any atom is 0.304 e. The van der Waals surface area contributed by atoms with Crippen LogP contribution in [0.15, 0.2) is 78.3 Å². The van der Waals surface area contributed by atoms with Crippen LogP contribution >= 0.6 is 11.3 Å². The van der Waals surface area contributed by atoms with E-state index in [4.69, 9.17) is 0 Å². The number of hydrogen-bond acceptors (Lipinski definition) is 5. The number of aromatic nitrogens is 2. The van der Waals surface area contributed by atoms with Crippen LogP contribution in [-0.2, 0) is 16.0 Å². The number of aliphatic carboxylic acids is 1. The lowest BCUT2D eigenvalue weighted by Gasteiger charge is -2.21. The lowest BCUT2D eigenvalue weighted by Crippen LogP contribution is -2.35. The highest BCUT2D eigenvalue weighted by molar-refractivity contribution is 7.14. The highest BCUT2D eigenvalue weighted by Crippen LogP contribution is 2.34. The number of rotatable bonds is 8. The van der Waals surface area contributed by atoms with Crippen LogP contribution in [0.5, 0.6) is 0 Å². The zero-order valence-corrected chi connectivity index (χ0v) is 19.2. The molecule has 2 aromatic carbocycles. The molecule has 0 aliphatic carbocycles. The van der Waals surface area contributed by atoms with Gasteiger partial charge < -0.3 is 5.11 Å². The van der Waals surface area contributed by atoms with Crippen LogP contribution in [0.2, 0.25) is 0 Å². The Labute approximate surface area is 200 Å². The Bertz CT molecular complexity index is 1290. The molecule has 0 aliphatic heterocycles. The van der Waals surface area contributed by atoms with Crippen LogP contribution in [0.4, 0.5) is 9.52 Å². The van der Waals surface area contributed by atoms with Crippen molar-refractivity contribution in [2.75, 3.05) is 11.9 Å². The van der Waals surface area contributed by atoms with Gasteiger partial charge in [0.2, 0.25) is 11.9 Å². The standard InChI is InChI=1S/C26H22FN3O3S/c1-30(25(33)19(14-24(31)32)13-17-7-3-2-4-8-17)26-29-22(16-34-26)21-10-6-5-9-20(21)18-11-12-23(27)28-15-18/h2-12,15-16,19H,13-14H2,1H3,(H,31,32)/t19-/m1/s1. The fraction of sp³-hybridized carbons (Fsp3) is 0.154. The van der Waals surface area contributed by atoms with Crippen LogP contribution < -0.4 is 4.90 Å². The normalized spacial score (nSPS) is 11.7. The van der Waals surface area contributed by atoms with Crippen molar-refractivity contribution in [3.8, 4) is 22.4 Å². The van der Waals surface area contributed by atoms with Gasteiger partial charge in [-0.05, 0) is 29.7 Å². The van der Waals surface area contributed by atoms with Crippen molar-refractivity contribution in [3.05, 3.63) is 89.8 Å². The summed E-state index contributed by atoms with van der Waals surface area (Å²) >= 11 is 1.30. The zero-order valence-electron chi connectivity index (χ0n) is 18.4. The number of hydrogen-bond donors (Lipinski definition) is 1. The summed E-state index contributed by atoms with van der Waals surface area (Å²) in [5.74, 6) is -2.59. The van der Waals surface area contributed by atoms with E-state index >= 15 is 0 Å². The number of amides is 1. The number of thiazole rings is 1. The molecule has 0 spiro atoms. The van der Waals surface area contributed by atoms with Gasteiger partial charge in [0.1, 0.15) is 0 Å². The van der Waals surface area contributed by atoms with Crippen molar-refractivity contribution in [3.63, 3.8) is 0 Å². The summed E-state index contributed by atoms with van der Waals surface area (Å²) in [5, 5.41) is 11.7. The summed E-state index contributed by atoms with van der Waals surface area (Å²) in [6.07, 6.45) is 1.53. The van der Waals surface area contributed by atoms with Gasteiger partial charge in [-0.1, -0.05) is 54.6 Å². The number of carboxylic acid groups (broad SMARTS) is 1. The van der Waals surface area contributed by atoms with Gasteiger partial charge in [0.05, 0.1) is 18.0 Å². The Balaban J connectivity index is 1.59. The van der Waals surface area contributed by atoms with Gasteiger partial charge in [-0.25, -0.2) is 9.97 Å². The van der Waals surface area contributed by atoms with E-state index in [1.807, 2.05) is 60.0 Å². The van der Waals surface area contributed by atoms with E-state index in [-0.39, 0.29) is 12.3 Å². The van der Waals surface area contributed by atoms with Crippen LogP contribution in [0.3, 0.4) is 0 Å². The number of benzene rings is 2. The summed E-state index contributed by atoms with van der Waals surface area (Å²) in [6, 6.07) is 19.9. The molecule has 0 bridgehead atoms. The van der Waals surface area contributed by atoms with E-state index in [1.165, 1.54) is 28.5 Å². The van der Waals surface area contributed by atoms with Gasteiger partial charge >= 0.3 is 5.97 Å². The Morgan fingerprint density at radius 1 is 1.03 bits per heavy atom. The largest absolute Gasteiger partial charge is 0.481 e. The molecule has 2 aromatic heterocycles. The van der Waals surface area contributed by atoms with Crippen LogP contribution in [-0.4, -0.2) is 34.0 Å². The lowest BCUT2D eigenvalue weighted by molar-refractivity contribution is -0.140. The first kappa shape index (κ1) is 23.3. The Morgan fingerprint density at radius 2 is 1.74 bits per heavy atom. The van der Waals surface area contributed by atoms with Gasteiger partial charge in [-0.2, -0.15) is 4.39 Å². The minimum Gasteiger partial charge on any atom is -0.481 e. The van der Waals surface area contributed by atoms with Gasteiger partial charge in [0.25, 0.3) is 0 Å². The van der Waals surface area contributed by atoms with Crippen LogP contribution in [0, 0.1) is 11.9 Å².